The Kier molecular flexibility index (Phi) is 10.2. The molecule has 0 saturated carbocycles. The monoisotopic (exact) mass is 985 g/mol. The predicted molar refractivity (Wildman–Crippen MR) is 219 cm³/mol. The van der Waals surface area contributed by atoms with Gasteiger partial charge in [0.05, 0.1) is 40.7 Å². The Balaban J connectivity index is 0.000000167. The second-order valence-corrected chi connectivity index (χ2v) is 17.8. The molecule has 0 spiro atoms. The first kappa shape index (κ1) is 37.4. The molecule has 0 unspecified atom stereocenters. The van der Waals surface area contributed by atoms with Crippen LogP contribution < -0.4 is 5.73 Å². The minimum Gasteiger partial charge on any atom is -0.384 e. The Bertz CT molecular complexity index is 2740. The first-order valence-corrected chi connectivity index (χ1v) is 20.8. The van der Waals surface area contributed by atoms with Gasteiger partial charge >= 0.3 is 0 Å². The molecule has 0 aliphatic heterocycles. The van der Waals surface area contributed by atoms with Gasteiger partial charge in [-0.15, -0.1) is 0 Å². The highest BCUT2D eigenvalue weighted by Gasteiger charge is 2.24. The van der Waals surface area contributed by atoms with Gasteiger partial charge < -0.3 is 5.73 Å². The normalized spacial score (nSPS) is 11.8. The first-order chi connectivity index (χ1) is 25.7. The van der Waals surface area contributed by atoms with Crippen molar-refractivity contribution in [1.82, 2.24) is 37.8 Å². The molecule has 0 fully saturated rings. The number of nitrogens with zero attached hydrogens (tertiary/aromatic N) is 8. The Morgan fingerprint density at radius 2 is 1.04 bits per heavy atom. The van der Waals surface area contributed by atoms with Crippen LogP contribution in [-0.2, 0) is 20.0 Å². The summed E-state index contributed by atoms with van der Waals surface area (Å²) in [7, 11) is -7.57. The molecule has 0 saturated heterocycles. The van der Waals surface area contributed by atoms with Crippen molar-refractivity contribution < 1.29 is 21.2 Å². The number of anilines is 1. The van der Waals surface area contributed by atoms with Crippen molar-refractivity contribution in [3.05, 3.63) is 134 Å². The summed E-state index contributed by atoms with van der Waals surface area (Å²) in [5, 5.41) is 0. The second-order valence-electron chi connectivity index (χ2n) is 11.9. The molecule has 2 aromatic carbocycles. The highest BCUT2D eigenvalue weighted by Crippen LogP contribution is 2.29. The maximum atomic E-state index is 13.4. The summed E-state index contributed by atoms with van der Waals surface area (Å²) in [5.41, 5.74) is 11.4. The van der Waals surface area contributed by atoms with E-state index in [4.69, 9.17) is 5.73 Å². The maximum Gasteiger partial charge on any atom is 0.269 e. The lowest BCUT2D eigenvalue weighted by Gasteiger charge is -2.07. The molecule has 0 radical (unpaired) electrons. The number of benzene rings is 2. The number of hydrogen-bond acceptors (Lipinski definition) is 11. The van der Waals surface area contributed by atoms with Crippen LogP contribution in [0.1, 0.15) is 11.1 Å². The van der Waals surface area contributed by atoms with Crippen LogP contribution in [-0.4, -0.2) is 54.7 Å². The minimum absolute atomic E-state index is 0.170. The van der Waals surface area contributed by atoms with E-state index in [1.165, 1.54) is 41.0 Å². The third kappa shape index (κ3) is 7.29. The highest BCUT2D eigenvalue weighted by atomic mass is 127. The zero-order valence-electron chi connectivity index (χ0n) is 28.1. The van der Waals surface area contributed by atoms with Crippen LogP contribution in [0.25, 0.3) is 44.8 Å². The molecule has 18 heteroatoms. The average Bonchev–Trinajstić information content (AvgIpc) is 3.68. The summed E-state index contributed by atoms with van der Waals surface area (Å²) in [6, 6.07) is 19.7. The lowest BCUT2D eigenvalue weighted by atomic mass is 10.2. The van der Waals surface area contributed by atoms with E-state index in [1.54, 1.807) is 72.9 Å². The van der Waals surface area contributed by atoms with Crippen LogP contribution >= 0.6 is 45.2 Å². The number of rotatable bonds is 6. The van der Waals surface area contributed by atoms with Crippen molar-refractivity contribution in [2.24, 2.45) is 0 Å². The number of nitrogen functional groups attached to an aromatic ring is 1. The van der Waals surface area contributed by atoms with E-state index in [0.29, 0.717) is 40.9 Å². The molecule has 0 bridgehead atoms. The van der Waals surface area contributed by atoms with Gasteiger partial charge in [-0.25, -0.2) is 54.7 Å². The van der Waals surface area contributed by atoms with Gasteiger partial charge in [-0.2, -0.15) is 4.39 Å². The van der Waals surface area contributed by atoms with Crippen molar-refractivity contribution >= 4 is 93.4 Å². The molecular formula is C36H26FI2N9O4S2. The zero-order valence-corrected chi connectivity index (χ0v) is 34.1. The quantitative estimate of drug-likeness (QED) is 0.134. The highest BCUT2D eigenvalue weighted by molar-refractivity contribution is 14.1. The van der Waals surface area contributed by atoms with Crippen molar-refractivity contribution in [2.75, 3.05) is 5.73 Å². The van der Waals surface area contributed by atoms with Crippen molar-refractivity contribution in [3.63, 3.8) is 0 Å². The van der Waals surface area contributed by atoms with Gasteiger partial charge in [0.25, 0.3) is 20.0 Å². The van der Waals surface area contributed by atoms with Crippen molar-refractivity contribution in [2.45, 2.75) is 23.6 Å². The lowest BCUT2D eigenvalue weighted by molar-refractivity contribution is 0.584. The molecule has 8 rings (SSSR count). The van der Waals surface area contributed by atoms with Crippen LogP contribution in [0.15, 0.2) is 120 Å². The third-order valence-electron chi connectivity index (χ3n) is 8.09. The average molecular weight is 986 g/mol. The molecule has 6 heterocycles. The predicted octanol–water partition coefficient (Wildman–Crippen LogP) is 7.01. The van der Waals surface area contributed by atoms with Crippen LogP contribution in [0.2, 0.25) is 0 Å². The fourth-order valence-corrected chi connectivity index (χ4v) is 9.60. The lowest BCUT2D eigenvalue weighted by Crippen LogP contribution is -2.12. The third-order valence-corrected chi connectivity index (χ3v) is 13.0. The minimum atomic E-state index is -3.81. The van der Waals surface area contributed by atoms with Gasteiger partial charge in [0, 0.05) is 42.0 Å². The SMILES string of the molecule is Cc1ccc(S(=O)(=O)n2cc(I)c3nc(-c4ccnc(F)c4)cnc32)cc1.Cc1ccc(S(=O)(=O)n2cc(I)c3nc(-c4ccnc(N)c4)cnc32)cc1. The van der Waals surface area contributed by atoms with E-state index in [-0.39, 0.29) is 21.1 Å². The summed E-state index contributed by atoms with van der Waals surface area (Å²) in [6.45, 7) is 3.79. The summed E-state index contributed by atoms with van der Waals surface area (Å²) >= 11 is 4.07. The number of aromatic nitrogens is 8. The Morgan fingerprint density at radius 3 is 1.46 bits per heavy atom. The van der Waals surface area contributed by atoms with Crippen LogP contribution in [0.3, 0.4) is 0 Å². The van der Waals surface area contributed by atoms with E-state index >= 15 is 0 Å². The first-order valence-electron chi connectivity index (χ1n) is 15.8. The van der Waals surface area contributed by atoms with E-state index < -0.39 is 26.0 Å². The molecule has 272 valence electrons. The Morgan fingerprint density at radius 1 is 0.611 bits per heavy atom. The fraction of sp³-hybridized carbons (Fsp3) is 0.0556. The topological polar surface area (TPSA) is 182 Å². The summed E-state index contributed by atoms with van der Waals surface area (Å²) < 4.78 is 69.1. The summed E-state index contributed by atoms with van der Waals surface area (Å²) in [5.74, 6) is -0.243. The smallest absolute Gasteiger partial charge is 0.269 e. The molecule has 2 N–H and O–H groups in total. The number of fused-ring (bicyclic) bond motifs is 2. The molecule has 0 aliphatic carbocycles. The number of nitrogens with two attached hydrogens (primary N) is 1. The second kappa shape index (κ2) is 14.7. The Labute approximate surface area is 336 Å². The van der Waals surface area contributed by atoms with E-state index in [9.17, 15) is 21.2 Å². The van der Waals surface area contributed by atoms with Gasteiger partial charge in [0.15, 0.2) is 11.3 Å². The van der Waals surface area contributed by atoms with Crippen LogP contribution in [0, 0.1) is 26.9 Å². The van der Waals surface area contributed by atoms with Gasteiger partial charge in [0.2, 0.25) is 5.95 Å². The molecule has 6 aromatic heterocycles. The molecule has 0 aliphatic rings. The number of halogens is 3. The van der Waals surface area contributed by atoms with Crippen LogP contribution in [0.5, 0.6) is 0 Å². The number of pyridine rings is 2. The molecule has 0 atom stereocenters. The van der Waals surface area contributed by atoms with Gasteiger partial charge in [-0.3, -0.25) is 0 Å². The van der Waals surface area contributed by atoms with Crippen molar-refractivity contribution in [3.8, 4) is 22.5 Å². The van der Waals surface area contributed by atoms with E-state index in [1.807, 2.05) is 36.4 Å². The van der Waals surface area contributed by atoms with Gasteiger partial charge in [-0.05, 0) is 101 Å². The molecule has 54 heavy (non-hydrogen) atoms. The molecular weight excluding hydrogens is 959 g/mol. The van der Waals surface area contributed by atoms with Crippen molar-refractivity contribution in [1.29, 1.82) is 0 Å². The number of aryl methyl sites for hydroxylation is 2. The van der Waals surface area contributed by atoms with Gasteiger partial charge in [0.1, 0.15) is 16.9 Å². The molecule has 0 amide bonds. The van der Waals surface area contributed by atoms with Gasteiger partial charge in [-0.1, -0.05) is 35.4 Å². The zero-order chi connectivity index (χ0) is 38.4. The fourth-order valence-electron chi connectivity index (χ4n) is 5.32. The summed E-state index contributed by atoms with van der Waals surface area (Å²) in [6.07, 6.45) is 8.91. The maximum absolute atomic E-state index is 13.4. The Hall–Kier alpha value is -4.93. The van der Waals surface area contributed by atoms with E-state index in [2.05, 4.69) is 52.5 Å². The number of hydrogen-bond donors (Lipinski definition) is 1. The van der Waals surface area contributed by atoms with E-state index in [0.717, 1.165) is 20.7 Å². The molecule has 8 aromatic rings. The largest absolute Gasteiger partial charge is 0.384 e. The summed E-state index contributed by atoms with van der Waals surface area (Å²) in [4.78, 5) is 25.6. The standard InChI is InChI=1S/C18H12FIN4O2S.C18H14IN5O2S/c1-11-2-4-13(5-3-11)27(25,26)24-10-14(20)17-18(24)22-9-15(23-17)12-6-7-21-16(19)8-12;1-11-2-4-13(5-3-11)27(25,26)24-10-14(19)17-18(24)22-9-15(23-17)12-6-7-21-16(20)8-12/h2-10H,1H3;2-10H,1H3,(H2,20,21). The van der Waals surface area contributed by atoms with Crippen LogP contribution in [0.4, 0.5) is 10.2 Å². The molecule has 13 nitrogen and oxygen atoms in total.